The molecule has 0 amide bonds. The summed E-state index contributed by atoms with van der Waals surface area (Å²) in [6.07, 6.45) is 9.63. The normalized spacial score (nSPS) is 51.1. The zero-order valence-corrected chi connectivity index (χ0v) is 25.2. The number of aliphatic carboxylic acids is 2. The molecule has 0 bridgehead atoms. The molecule has 0 saturated heterocycles. The van der Waals surface area contributed by atoms with Gasteiger partial charge in [0.05, 0.1) is 16.9 Å². The van der Waals surface area contributed by atoms with Crippen molar-refractivity contribution in [1.82, 2.24) is 0 Å². The molecule has 0 aliphatic heterocycles. The van der Waals surface area contributed by atoms with E-state index in [4.69, 9.17) is 4.74 Å². The molecule has 0 spiro atoms. The van der Waals surface area contributed by atoms with Crippen molar-refractivity contribution in [2.24, 2.45) is 50.2 Å². The average Bonchev–Trinajstić information content (AvgIpc) is 2.85. The van der Waals surface area contributed by atoms with Gasteiger partial charge in [-0.15, -0.1) is 0 Å². The third-order valence-electron chi connectivity index (χ3n) is 13.7. The number of hydrogen-bond acceptors (Lipinski definition) is 4. The molecule has 10 atom stereocenters. The molecule has 5 aliphatic carbocycles. The van der Waals surface area contributed by atoms with Crippen LogP contribution in [0.5, 0.6) is 0 Å². The standard InChI is InChI=1S/C33H50O6/c1-8-17-39-24-10-11-30(4)23(33(24,7)27(37)38)9-12-32(6)25(30)22(34)18-20-21-19-29(3,26(35)36)14-13-28(21,2)15-16-31(20,32)5/h18,21,23-25H,8-17,19H2,1-7H3,(H,35,36)(H,37,38)/t21-,23+,24-,25+,28+,29-,30-,31+,32+,33-/m0/s1. The van der Waals surface area contributed by atoms with Crippen molar-refractivity contribution in [3.8, 4) is 0 Å². The van der Waals surface area contributed by atoms with E-state index in [9.17, 15) is 24.6 Å². The maximum atomic E-state index is 14.4. The molecule has 39 heavy (non-hydrogen) atoms. The van der Waals surface area contributed by atoms with Gasteiger partial charge in [0.15, 0.2) is 5.78 Å². The van der Waals surface area contributed by atoms with Crippen LogP contribution in [-0.2, 0) is 19.1 Å². The number of allylic oxidation sites excluding steroid dienone is 2. The van der Waals surface area contributed by atoms with Gasteiger partial charge in [-0.25, -0.2) is 0 Å². The van der Waals surface area contributed by atoms with Gasteiger partial charge >= 0.3 is 11.9 Å². The zero-order valence-electron chi connectivity index (χ0n) is 25.2. The van der Waals surface area contributed by atoms with Crippen LogP contribution in [0.15, 0.2) is 11.6 Å². The third kappa shape index (κ3) is 3.64. The van der Waals surface area contributed by atoms with E-state index in [1.807, 2.05) is 26.8 Å². The van der Waals surface area contributed by atoms with Gasteiger partial charge in [-0.3, -0.25) is 14.4 Å². The van der Waals surface area contributed by atoms with Crippen LogP contribution >= 0.6 is 0 Å². The minimum Gasteiger partial charge on any atom is -0.481 e. The highest BCUT2D eigenvalue weighted by Crippen LogP contribution is 2.75. The predicted molar refractivity (Wildman–Crippen MR) is 149 cm³/mol. The Morgan fingerprint density at radius 2 is 1.59 bits per heavy atom. The van der Waals surface area contributed by atoms with E-state index in [0.29, 0.717) is 25.9 Å². The van der Waals surface area contributed by atoms with Gasteiger partial charge in [-0.05, 0) is 118 Å². The fraction of sp³-hybridized carbons (Fsp3) is 0.848. The van der Waals surface area contributed by atoms with Gasteiger partial charge in [-0.1, -0.05) is 40.2 Å². The van der Waals surface area contributed by atoms with Gasteiger partial charge in [0.25, 0.3) is 0 Å². The monoisotopic (exact) mass is 542 g/mol. The van der Waals surface area contributed by atoms with Crippen LogP contribution in [0, 0.1) is 50.2 Å². The molecule has 0 aromatic carbocycles. The van der Waals surface area contributed by atoms with Crippen molar-refractivity contribution in [3.63, 3.8) is 0 Å². The van der Waals surface area contributed by atoms with Crippen molar-refractivity contribution in [1.29, 1.82) is 0 Å². The number of ether oxygens (including phenoxy) is 1. The van der Waals surface area contributed by atoms with Crippen molar-refractivity contribution in [3.05, 3.63) is 11.6 Å². The number of carbonyl (C=O) groups is 3. The lowest BCUT2D eigenvalue weighted by molar-refractivity contribution is -0.221. The lowest BCUT2D eigenvalue weighted by atomic mass is 9.33. The average molecular weight is 543 g/mol. The van der Waals surface area contributed by atoms with E-state index in [2.05, 4.69) is 27.7 Å². The summed E-state index contributed by atoms with van der Waals surface area (Å²) in [4.78, 5) is 39.7. The Morgan fingerprint density at radius 3 is 2.21 bits per heavy atom. The lowest BCUT2D eigenvalue weighted by Crippen LogP contribution is -2.68. The van der Waals surface area contributed by atoms with Crippen LogP contribution in [0.1, 0.15) is 113 Å². The van der Waals surface area contributed by atoms with Gasteiger partial charge in [0, 0.05) is 12.5 Å². The molecule has 0 radical (unpaired) electrons. The first-order chi connectivity index (χ1) is 18.0. The first-order valence-corrected chi connectivity index (χ1v) is 15.4. The molecule has 4 saturated carbocycles. The molecular weight excluding hydrogens is 492 g/mol. The largest absolute Gasteiger partial charge is 0.481 e. The van der Waals surface area contributed by atoms with Gasteiger partial charge in [-0.2, -0.15) is 0 Å². The molecule has 5 aliphatic rings. The Labute approximate surface area is 234 Å². The Hall–Kier alpha value is -1.69. The zero-order chi connectivity index (χ0) is 28.8. The second-order valence-electron chi connectivity index (χ2n) is 15.5. The highest BCUT2D eigenvalue weighted by atomic mass is 16.5. The molecule has 218 valence electrons. The highest BCUT2D eigenvalue weighted by molar-refractivity contribution is 5.96. The van der Waals surface area contributed by atoms with Gasteiger partial charge in [0.2, 0.25) is 0 Å². The molecule has 0 aromatic heterocycles. The number of carboxylic acid groups (broad SMARTS) is 2. The number of hydrogen-bond donors (Lipinski definition) is 2. The first-order valence-electron chi connectivity index (χ1n) is 15.4. The van der Waals surface area contributed by atoms with Crippen LogP contribution in [0.25, 0.3) is 0 Å². The fourth-order valence-electron chi connectivity index (χ4n) is 10.8. The summed E-state index contributed by atoms with van der Waals surface area (Å²) in [7, 11) is 0. The Morgan fingerprint density at radius 1 is 0.923 bits per heavy atom. The molecule has 0 heterocycles. The number of carboxylic acids is 2. The Kier molecular flexibility index (Phi) is 6.58. The summed E-state index contributed by atoms with van der Waals surface area (Å²) >= 11 is 0. The maximum absolute atomic E-state index is 14.4. The summed E-state index contributed by atoms with van der Waals surface area (Å²) in [6, 6.07) is 0. The molecule has 0 unspecified atom stereocenters. The summed E-state index contributed by atoms with van der Waals surface area (Å²) in [6.45, 7) is 15.5. The van der Waals surface area contributed by atoms with E-state index in [1.165, 1.54) is 5.57 Å². The van der Waals surface area contributed by atoms with Crippen molar-refractivity contribution >= 4 is 17.7 Å². The summed E-state index contributed by atoms with van der Waals surface area (Å²) in [5.41, 5.74) is -1.54. The van der Waals surface area contributed by atoms with Crippen molar-refractivity contribution in [2.75, 3.05) is 6.61 Å². The van der Waals surface area contributed by atoms with E-state index in [0.717, 1.165) is 44.9 Å². The molecule has 6 nitrogen and oxygen atoms in total. The molecule has 4 fully saturated rings. The van der Waals surface area contributed by atoms with Crippen LogP contribution in [0.3, 0.4) is 0 Å². The van der Waals surface area contributed by atoms with Crippen LogP contribution in [0.2, 0.25) is 0 Å². The van der Waals surface area contributed by atoms with E-state index in [1.54, 1.807) is 0 Å². The van der Waals surface area contributed by atoms with Crippen LogP contribution in [0.4, 0.5) is 0 Å². The van der Waals surface area contributed by atoms with Crippen molar-refractivity contribution in [2.45, 2.75) is 119 Å². The van der Waals surface area contributed by atoms with Crippen LogP contribution in [-0.4, -0.2) is 40.6 Å². The van der Waals surface area contributed by atoms with Crippen molar-refractivity contribution < 1.29 is 29.3 Å². The topological polar surface area (TPSA) is 101 Å². The molecule has 0 aromatic rings. The summed E-state index contributed by atoms with van der Waals surface area (Å²) in [5, 5.41) is 20.7. The van der Waals surface area contributed by atoms with Gasteiger partial charge < -0.3 is 14.9 Å². The van der Waals surface area contributed by atoms with Crippen LogP contribution < -0.4 is 0 Å². The van der Waals surface area contributed by atoms with E-state index in [-0.39, 0.29) is 45.9 Å². The minimum absolute atomic E-state index is 0.0153. The summed E-state index contributed by atoms with van der Waals surface area (Å²) < 4.78 is 6.18. The Bertz CT molecular complexity index is 1110. The molecule has 2 N–H and O–H groups in total. The molecule has 6 heteroatoms. The highest BCUT2D eigenvalue weighted by Gasteiger charge is 2.72. The van der Waals surface area contributed by atoms with E-state index < -0.39 is 28.2 Å². The lowest BCUT2D eigenvalue weighted by Gasteiger charge is -2.70. The quantitative estimate of drug-likeness (QED) is 0.391. The maximum Gasteiger partial charge on any atom is 0.312 e. The molecule has 5 rings (SSSR count). The number of rotatable bonds is 5. The third-order valence-corrected chi connectivity index (χ3v) is 13.7. The molecular formula is C33H50O6. The SMILES string of the molecule is CCCO[C@H]1CC[C@@]2(C)[C@@H](CC[C@]3(C)[C@@H]2C(=O)C=C2[C@@H]4C[C@@](C)(C(=O)O)CC[C@]4(C)CC[C@]23C)[C@]1(C)C(=O)O. The number of carbonyl (C=O) groups excluding carboxylic acids is 1. The number of fused-ring (bicyclic) bond motifs is 7. The second kappa shape index (κ2) is 8.90. The summed E-state index contributed by atoms with van der Waals surface area (Å²) in [5.74, 6) is -1.70. The van der Waals surface area contributed by atoms with Gasteiger partial charge in [0.1, 0.15) is 0 Å². The minimum atomic E-state index is -1.04. The number of ketones is 1. The van der Waals surface area contributed by atoms with E-state index >= 15 is 0 Å². The first kappa shape index (κ1) is 28.8. The smallest absolute Gasteiger partial charge is 0.312 e. The second-order valence-corrected chi connectivity index (χ2v) is 15.5. The fourth-order valence-corrected chi connectivity index (χ4v) is 10.8. The predicted octanol–water partition coefficient (Wildman–Crippen LogP) is 6.91. The Balaban J connectivity index is 1.59.